The highest BCUT2D eigenvalue weighted by Crippen LogP contribution is 2.28. The summed E-state index contributed by atoms with van der Waals surface area (Å²) in [6.45, 7) is 6.25. The first-order valence-corrected chi connectivity index (χ1v) is 9.33. The fourth-order valence-electron chi connectivity index (χ4n) is 1.91. The monoisotopic (exact) mass is 401 g/mol. The van der Waals surface area contributed by atoms with Crippen molar-refractivity contribution in [2.45, 2.75) is 31.1 Å². The molecule has 0 aromatic heterocycles. The second kappa shape index (κ2) is 6.22. The summed E-state index contributed by atoms with van der Waals surface area (Å²) in [4.78, 5) is 0.222. The molecular weight excluding hydrogens is 386 g/mol. The number of sulfonamides is 1. The lowest BCUT2D eigenvalue weighted by atomic mass is 9.87. The highest BCUT2D eigenvalue weighted by atomic mass is 79.9. The maximum absolute atomic E-state index is 12.4. The average molecular weight is 403 g/mol. The summed E-state index contributed by atoms with van der Waals surface area (Å²) in [6, 6.07) is 11.8. The molecule has 0 spiro atoms. The van der Waals surface area contributed by atoms with E-state index in [1.165, 1.54) is 0 Å². The van der Waals surface area contributed by atoms with Gasteiger partial charge in [0.15, 0.2) is 0 Å². The molecule has 2 aromatic rings. The predicted octanol–water partition coefficient (Wildman–Crippen LogP) is 5.20. The van der Waals surface area contributed by atoms with Crippen LogP contribution in [-0.4, -0.2) is 8.42 Å². The Morgan fingerprint density at radius 2 is 1.64 bits per heavy atom. The number of halogens is 2. The molecule has 2 aromatic carbocycles. The van der Waals surface area contributed by atoms with E-state index in [-0.39, 0.29) is 10.3 Å². The summed E-state index contributed by atoms with van der Waals surface area (Å²) in [5.41, 5.74) is 1.49. The van der Waals surface area contributed by atoms with E-state index in [0.29, 0.717) is 15.2 Å². The molecule has 3 nitrogen and oxygen atoms in total. The molecule has 0 atom stereocenters. The van der Waals surface area contributed by atoms with Crippen molar-refractivity contribution in [2.24, 2.45) is 0 Å². The molecule has 1 N–H and O–H groups in total. The van der Waals surface area contributed by atoms with Crippen molar-refractivity contribution in [3.05, 3.63) is 57.5 Å². The van der Waals surface area contributed by atoms with Crippen LogP contribution < -0.4 is 4.72 Å². The minimum absolute atomic E-state index is 0.0189. The van der Waals surface area contributed by atoms with Gasteiger partial charge in [-0.15, -0.1) is 0 Å². The van der Waals surface area contributed by atoms with E-state index >= 15 is 0 Å². The molecule has 0 amide bonds. The molecule has 0 aliphatic heterocycles. The molecule has 0 saturated carbocycles. The topological polar surface area (TPSA) is 46.2 Å². The summed E-state index contributed by atoms with van der Waals surface area (Å²) in [7, 11) is -3.63. The maximum Gasteiger partial charge on any atom is 0.261 e. The Hall–Kier alpha value is -1.04. The van der Waals surface area contributed by atoms with Crippen molar-refractivity contribution >= 4 is 43.2 Å². The second-order valence-corrected chi connectivity index (χ2v) is 8.95. The zero-order valence-electron chi connectivity index (χ0n) is 12.5. The normalized spacial score (nSPS) is 12.2. The Kier molecular flexibility index (Phi) is 4.90. The fourth-order valence-corrected chi connectivity index (χ4v) is 3.38. The van der Waals surface area contributed by atoms with Gasteiger partial charge in [0.1, 0.15) is 0 Å². The molecule has 0 saturated heterocycles. The van der Waals surface area contributed by atoms with Gasteiger partial charge in [-0.3, -0.25) is 4.72 Å². The highest BCUT2D eigenvalue weighted by Gasteiger charge is 2.18. The molecular formula is C16H17BrClNO2S. The van der Waals surface area contributed by atoms with Gasteiger partial charge in [0.05, 0.1) is 15.6 Å². The Bertz CT molecular complexity index is 781. The number of hydrogen-bond donors (Lipinski definition) is 1. The van der Waals surface area contributed by atoms with Crippen molar-refractivity contribution in [1.82, 2.24) is 0 Å². The smallest absolute Gasteiger partial charge is 0.261 e. The van der Waals surface area contributed by atoms with Gasteiger partial charge in [0.25, 0.3) is 10.0 Å². The number of anilines is 1. The Balaban J connectivity index is 2.28. The van der Waals surface area contributed by atoms with Crippen molar-refractivity contribution in [3.63, 3.8) is 0 Å². The third kappa shape index (κ3) is 4.03. The molecule has 0 aliphatic rings. The van der Waals surface area contributed by atoms with Gasteiger partial charge < -0.3 is 0 Å². The minimum Gasteiger partial charge on any atom is -0.280 e. The third-order valence-corrected chi connectivity index (χ3v) is 5.83. The molecule has 2 rings (SSSR count). The van der Waals surface area contributed by atoms with Crippen LogP contribution in [0.1, 0.15) is 26.3 Å². The number of rotatable bonds is 3. The summed E-state index contributed by atoms with van der Waals surface area (Å²) in [5.74, 6) is 0. The first-order valence-electron chi connectivity index (χ1n) is 6.68. The Morgan fingerprint density at radius 1 is 1.05 bits per heavy atom. The van der Waals surface area contributed by atoms with Gasteiger partial charge >= 0.3 is 0 Å². The van der Waals surface area contributed by atoms with Crippen molar-refractivity contribution in [2.75, 3.05) is 4.72 Å². The van der Waals surface area contributed by atoms with Crippen LogP contribution in [0.15, 0.2) is 51.8 Å². The second-order valence-electron chi connectivity index (χ2n) is 6.01. The molecule has 6 heteroatoms. The third-order valence-electron chi connectivity index (χ3n) is 3.20. The maximum atomic E-state index is 12.4. The van der Waals surface area contributed by atoms with Gasteiger partial charge in [-0.25, -0.2) is 8.42 Å². The lowest BCUT2D eigenvalue weighted by Gasteiger charge is -2.19. The van der Waals surface area contributed by atoms with Crippen LogP contribution in [0.5, 0.6) is 0 Å². The average Bonchev–Trinajstić information content (AvgIpc) is 2.42. The zero-order chi connectivity index (χ0) is 16.5. The lowest BCUT2D eigenvalue weighted by molar-refractivity contribution is 0.587. The van der Waals surface area contributed by atoms with Crippen LogP contribution in [0.3, 0.4) is 0 Å². The first-order chi connectivity index (χ1) is 10.1. The SMILES string of the molecule is CC(C)(C)c1ccc(S(=O)(=O)Nc2ccc(Br)c(Cl)c2)cc1. The van der Waals surface area contributed by atoms with E-state index in [0.717, 1.165) is 5.56 Å². The Morgan fingerprint density at radius 3 is 2.14 bits per heavy atom. The van der Waals surface area contributed by atoms with Crippen molar-refractivity contribution in [1.29, 1.82) is 0 Å². The molecule has 0 bridgehead atoms. The standard InChI is InChI=1S/C16H17BrClNO2S/c1-16(2,3)11-4-7-13(8-5-11)22(20,21)19-12-6-9-14(17)15(18)10-12/h4-10,19H,1-3H3. The number of benzene rings is 2. The van der Waals surface area contributed by atoms with Gasteiger partial charge in [-0.1, -0.05) is 44.5 Å². The summed E-state index contributed by atoms with van der Waals surface area (Å²) in [6.07, 6.45) is 0. The van der Waals surface area contributed by atoms with Gasteiger partial charge in [-0.05, 0) is 57.2 Å². The minimum atomic E-state index is -3.63. The molecule has 0 aliphatic carbocycles. The van der Waals surface area contributed by atoms with Crippen LogP contribution >= 0.6 is 27.5 Å². The van der Waals surface area contributed by atoms with Crippen LogP contribution in [-0.2, 0) is 15.4 Å². The molecule has 22 heavy (non-hydrogen) atoms. The van der Waals surface area contributed by atoms with Gasteiger partial charge in [0.2, 0.25) is 0 Å². The van der Waals surface area contributed by atoms with Gasteiger partial charge in [0, 0.05) is 4.47 Å². The highest BCUT2D eigenvalue weighted by molar-refractivity contribution is 9.10. The van der Waals surface area contributed by atoms with Crippen LogP contribution in [0.2, 0.25) is 5.02 Å². The summed E-state index contributed by atoms with van der Waals surface area (Å²) < 4.78 is 28.0. The van der Waals surface area contributed by atoms with E-state index < -0.39 is 10.0 Å². The quantitative estimate of drug-likeness (QED) is 0.767. The van der Waals surface area contributed by atoms with Crippen LogP contribution in [0.25, 0.3) is 0 Å². The lowest BCUT2D eigenvalue weighted by Crippen LogP contribution is -2.14. The van der Waals surface area contributed by atoms with Crippen LogP contribution in [0.4, 0.5) is 5.69 Å². The molecule has 0 radical (unpaired) electrons. The van der Waals surface area contributed by atoms with E-state index in [1.807, 2.05) is 12.1 Å². The van der Waals surface area contributed by atoms with Crippen molar-refractivity contribution < 1.29 is 8.42 Å². The number of hydrogen-bond acceptors (Lipinski definition) is 2. The predicted molar refractivity (Wildman–Crippen MR) is 95.1 cm³/mol. The molecule has 0 heterocycles. The molecule has 0 fully saturated rings. The summed E-state index contributed by atoms with van der Waals surface area (Å²) in [5, 5.41) is 0.447. The zero-order valence-corrected chi connectivity index (χ0v) is 15.7. The van der Waals surface area contributed by atoms with E-state index in [1.54, 1.807) is 30.3 Å². The van der Waals surface area contributed by atoms with E-state index in [2.05, 4.69) is 41.4 Å². The number of nitrogens with one attached hydrogen (secondary N) is 1. The van der Waals surface area contributed by atoms with Crippen molar-refractivity contribution in [3.8, 4) is 0 Å². The van der Waals surface area contributed by atoms with Crippen LogP contribution in [0, 0.1) is 0 Å². The van der Waals surface area contributed by atoms with E-state index in [9.17, 15) is 8.42 Å². The largest absolute Gasteiger partial charge is 0.280 e. The van der Waals surface area contributed by atoms with Gasteiger partial charge in [-0.2, -0.15) is 0 Å². The molecule has 0 unspecified atom stereocenters. The summed E-state index contributed by atoms with van der Waals surface area (Å²) >= 11 is 9.25. The van der Waals surface area contributed by atoms with E-state index in [4.69, 9.17) is 11.6 Å². The molecule has 118 valence electrons. The fraction of sp³-hybridized carbons (Fsp3) is 0.250. The Labute approximate surface area is 144 Å². The first kappa shape index (κ1) is 17.3.